The van der Waals surface area contributed by atoms with Crippen molar-refractivity contribution < 1.29 is 9.53 Å². The fraction of sp³-hybridized carbons (Fsp3) is 0.333. The Morgan fingerprint density at radius 1 is 1.53 bits per heavy atom. The lowest BCUT2D eigenvalue weighted by molar-refractivity contribution is 0.0525. The van der Waals surface area contributed by atoms with Crippen molar-refractivity contribution in [3.8, 4) is 11.4 Å². The van der Waals surface area contributed by atoms with Crippen LogP contribution in [-0.2, 0) is 4.74 Å². The number of hydrogen-bond acceptors (Lipinski definition) is 5. The number of hydrogen-bond donors (Lipinski definition) is 2. The molecule has 0 saturated heterocycles. The monoisotopic (exact) mass is 301 g/mol. The molecule has 19 heavy (non-hydrogen) atoms. The van der Waals surface area contributed by atoms with Crippen molar-refractivity contribution in [2.24, 2.45) is 0 Å². The van der Waals surface area contributed by atoms with Gasteiger partial charge in [0.05, 0.1) is 17.9 Å². The molecule has 5 nitrogen and oxygen atoms in total. The van der Waals surface area contributed by atoms with Gasteiger partial charge in [0.2, 0.25) is 0 Å². The van der Waals surface area contributed by atoms with Crippen LogP contribution >= 0.6 is 23.7 Å². The Morgan fingerprint density at radius 2 is 2.21 bits per heavy atom. The number of nitrogens with one attached hydrogen (secondary N) is 1. The van der Waals surface area contributed by atoms with Crippen molar-refractivity contribution in [2.75, 3.05) is 12.3 Å². The highest BCUT2D eigenvalue weighted by molar-refractivity contribution is 7.13. The van der Waals surface area contributed by atoms with Gasteiger partial charge in [-0.3, -0.25) is 0 Å². The van der Waals surface area contributed by atoms with Crippen LogP contribution in [0.25, 0.3) is 11.4 Å². The molecule has 0 aromatic carbocycles. The Morgan fingerprint density at radius 3 is 2.74 bits per heavy atom. The zero-order valence-corrected chi connectivity index (χ0v) is 12.6. The number of aromatic amines is 1. The van der Waals surface area contributed by atoms with Gasteiger partial charge in [-0.15, -0.1) is 23.7 Å². The summed E-state index contributed by atoms with van der Waals surface area (Å²) in [4.78, 5) is 19.2. The van der Waals surface area contributed by atoms with E-state index in [0.29, 0.717) is 17.3 Å². The highest BCUT2D eigenvalue weighted by atomic mass is 35.5. The van der Waals surface area contributed by atoms with Crippen molar-refractivity contribution in [3.05, 3.63) is 22.2 Å². The third kappa shape index (κ3) is 2.90. The van der Waals surface area contributed by atoms with E-state index in [1.165, 1.54) is 11.3 Å². The van der Waals surface area contributed by atoms with E-state index in [2.05, 4.69) is 9.97 Å². The van der Waals surface area contributed by atoms with Gasteiger partial charge < -0.3 is 15.5 Å². The van der Waals surface area contributed by atoms with Crippen LogP contribution in [0.15, 0.2) is 5.38 Å². The molecular formula is C12H16ClN3O2S. The smallest absolute Gasteiger partial charge is 0.340 e. The Hall–Kier alpha value is -1.53. The number of esters is 1. The molecule has 2 aromatic heterocycles. The van der Waals surface area contributed by atoms with Gasteiger partial charge in [0.15, 0.2) is 5.13 Å². The van der Waals surface area contributed by atoms with Gasteiger partial charge in [0.25, 0.3) is 0 Å². The van der Waals surface area contributed by atoms with Crippen LogP contribution in [-0.4, -0.2) is 22.5 Å². The van der Waals surface area contributed by atoms with Gasteiger partial charge in [0, 0.05) is 11.1 Å². The van der Waals surface area contributed by atoms with Gasteiger partial charge in [0.1, 0.15) is 5.69 Å². The molecule has 2 rings (SSSR count). The van der Waals surface area contributed by atoms with Crippen LogP contribution in [0.2, 0.25) is 0 Å². The van der Waals surface area contributed by atoms with Gasteiger partial charge in [-0.1, -0.05) is 0 Å². The number of thiazole rings is 1. The van der Waals surface area contributed by atoms with E-state index in [9.17, 15) is 4.79 Å². The Balaban J connectivity index is 0.00000180. The Labute approximate surface area is 121 Å². The lowest BCUT2D eigenvalue weighted by Gasteiger charge is -2.02. The zero-order valence-electron chi connectivity index (χ0n) is 10.9. The molecule has 0 saturated carbocycles. The number of carbonyl (C=O) groups is 1. The van der Waals surface area contributed by atoms with Crippen molar-refractivity contribution in [1.29, 1.82) is 0 Å². The lowest BCUT2D eigenvalue weighted by Crippen LogP contribution is -2.06. The minimum Gasteiger partial charge on any atom is -0.462 e. The SMILES string of the molecule is CCOC(=O)c1c(C)[nH]c(-c2csc(N)n2)c1C.Cl. The van der Waals surface area contributed by atoms with Crippen LogP contribution < -0.4 is 5.73 Å². The van der Waals surface area contributed by atoms with Gasteiger partial charge in [-0.05, 0) is 26.3 Å². The first kappa shape index (κ1) is 15.5. The number of rotatable bonds is 3. The molecule has 0 amide bonds. The average molecular weight is 302 g/mol. The summed E-state index contributed by atoms with van der Waals surface area (Å²) < 4.78 is 5.04. The number of nitrogens with two attached hydrogens (primary N) is 1. The minimum atomic E-state index is -0.307. The normalized spacial score (nSPS) is 10.1. The van der Waals surface area contributed by atoms with Crippen LogP contribution in [0, 0.1) is 13.8 Å². The standard InChI is InChI=1S/C12H15N3O2S.ClH/c1-4-17-11(16)9-6(2)10(14-7(9)3)8-5-18-12(13)15-8;/h5,14H,4H2,1-3H3,(H2,13,15);1H. The van der Waals surface area contributed by atoms with E-state index in [1.807, 2.05) is 19.2 Å². The summed E-state index contributed by atoms with van der Waals surface area (Å²) in [6.07, 6.45) is 0. The fourth-order valence-electron chi connectivity index (χ4n) is 1.92. The summed E-state index contributed by atoms with van der Waals surface area (Å²) in [6.45, 7) is 5.87. The molecule has 2 heterocycles. The van der Waals surface area contributed by atoms with E-state index in [-0.39, 0.29) is 18.4 Å². The maximum absolute atomic E-state index is 11.9. The summed E-state index contributed by atoms with van der Waals surface area (Å²) in [5.74, 6) is -0.307. The van der Waals surface area contributed by atoms with E-state index in [1.54, 1.807) is 6.92 Å². The van der Waals surface area contributed by atoms with Gasteiger partial charge >= 0.3 is 5.97 Å². The van der Waals surface area contributed by atoms with Crippen molar-refractivity contribution in [3.63, 3.8) is 0 Å². The molecule has 0 radical (unpaired) electrons. The van der Waals surface area contributed by atoms with E-state index >= 15 is 0 Å². The second kappa shape index (κ2) is 6.08. The molecular weight excluding hydrogens is 286 g/mol. The van der Waals surface area contributed by atoms with E-state index in [4.69, 9.17) is 10.5 Å². The summed E-state index contributed by atoms with van der Waals surface area (Å²) in [7, 11) is 0. The van der Waals surface area contributed by atoms with E-state index in [0.717, 1.165) is 22.6 Å². The molecule has 0 aliphatic carbocycles. The highest BCUT2D eigenvalue weighted by Crippen LogP contribution is 2.29. The predicted molar refractivity (Wildman–Crippen MR) is 79.0 cm³/mol. The maximum Gasteiger partial charge on any atom is 0.340 e. The number of aromatic nitrogens is 2. The number of aryl methyl sites for hydroxylation is 1. The largest absolute Gasteiger partial charge is 0.462 e. The summed E-state index contributed by atoms with van der Waals surface area (Å²) in [6, 6.07) is 0. The van der Waals surface area contributed by atoms with Crippen molar-refractivity contribution in [2.45, 2.75) is 20.8 Å². The summed E-state index contributed by atoms with van der Waals surface area (Å²) >= 11 is 1.37. The molecule has 0 unspecified atom stereocenters. The highest BCUT2D eigenvalue weighted by Gasteiger charge is 2.20. The molecule has 2 aromatic rings. The molecule has 104 valence electrons. The van der Waals surface area contributed by atoms with Crippen LogP contribution in [0.3, 0.4) is 0 Å². The number of nitrogens with zero attached hydrogens (tertiary/aromatic N) is 1. The maximum atomic E-state index is 11.9. The molecule has 0 spiro atoms. The molecule has 0 aliphatic rings. The summed E-state index contributed by atoms with van der Waals surface area (Å²) in [5.41, 5.74) is 9.41. The molecule has 0 fully saturated rings. The van der Waals surface area contributed by atoms with Crippen LogP contribution in [0.1, 0.15) is 28.5 Å². The minimum absolute atomic E-state index is 0. The zero-order chi connectivity index (χ0) is 13.3. The van der Waals surface area contributed by atoms with Crippen LogP contribution in [0.4, 0.5) is 5.13 Å². The number of halogens is 1. The first-order valence-corrected chi connectivity index (χ1v) is 6.50. The quantitative estimate of drug-likeness (QED) is 0.854. The predicted octanol–water partition coefficient (Wildman–Crippen LogP) is 2.94. The Kier molecular flexibility index (Phi) is 4.97. The first-order chi connectivity index (χ1) is 8.54. The number of nitrogen functional groups attached to an aromatic ring is 1. The molecule has 0 aliphatic heterocycles. The van der Waals surface area contributed by atoms with Crippen molar-refractivity contribution in [1.82, 2.24) is 9.97 Å². The summed E-state index contributed by atoms with van der Waals surface area (Å²) in [5, 5.41) is 2.37. The first-order valence-electron chi connectivity index (χ1n) is 5.62. The molecule has 7 heteroatoms. The lowest BCUT2D eigenvalue weighted by atomic mass is 10.1. The third-order valence-electron chi connectivity index (χ3n) is 2.70. The van der Waals surface area contributed by atoms with E-state index < -0.39 is 0 Å². The molecule has 3 N–H and O–H groups in total. The third-order valence-corrected chi connectivity index (χ3v) is 3.37. The number of H-pyrrole nitrogens is 1. The molecule has 0 atom stereocenters. The molecule has 0 bridgehead atoms. The average Bonchev–Trinajstić information content (AvgIpc) is 2.83. The van der Waals surface area contributed by atoms with Gasteiger partial charge in [-0.25, -0.2) is 9.78 Å². The van der Waals surface area contributed by atoms with Gasteiger partial charge in [-0.2, -0.15) is 0 Å². The number of anilines is 1. The van der Waals surface area contributed by atoms with Crippen LogP contribution in [0.5, 0.6) is 0 Å². The Bertz CT molecular complexity index is 592. The fourth-order valence-corrected chi connectivity index (χ4v) is 2.47. The second-order valence-electron chi connectivity index (χ2n) is 3.92. The number of ether oxygens (including phenoxy) is 1. The topological polar surface area (TPSA) is 81.0 Å². The number of carbonyl (C=O) groups excluding carboxylic acids is 1. The van der Waals surface area contributed by atoms with Crippen molar-refractivity contribution >= 4 is 34.8 Å². The second-order valence-corrected chi connectivity index (χ2v) is 4.81.